The highest BCUT2D eigenvalue weighted by atomic mass is 32.2. The number of carbonyl (C=O) groups is 1. The van der Waals surface area contributed by atoms with Gasteiger partial charge in [-0.15, -0.1) is 11.3 Å². The van der Waals surface area contributed by atoms with E-state index in [0.717, 1.165) is 23.1 Å². The molecule has 1 aliphatic rings. The van der Waals surface area contributed by atoms with E-state index in [0.29, 0.717) is 21.2 Å². The van der Waals surface area contributed by atoms with Crippen molar-refractivity contribution < 1.29 is 13.2 Å². The number of fused-ring (bicyclic) bond motifs is 1. The Morgan fingerprint density at radius 3 is 2.62 bits per heavy atom. The predicted octanol–water partition coefficient (Wildman–Crippen LogP) is 2.92. The van der Waals surface area contributed by atoms with Crippen molar-refractivity contribution in [3.8, 4) is 0 Å². The molecule has 0 spiro atoms. The van der Waals surface area contributed by atoms with Gasteiger partial charge in [-0.05, 0) is 29.3 Å². The fourth-order valence-electron chi connectivity index (χ4n) is 2.39. The zero-order valence-corrected chi connectivity index (χ0v) is 15.4. The average molecular weight is 402 g/mol. The fraction of sp³-hybridized carbons (Fsp3) is 0. The number of carbonyl (C=O) groups excluding carboxylic acids is 1. The molecule has 1 aromatic carbocycles. The van der Waals surface area contributed by atoms with E-state index in [1.165, 1.54) is 18.5 Å². The lowest BCUT2D eigenvalue weighted by Gasteiger charge is -2.16. The molecule has 0 unspecified atom stereocenters. The summed E-state index contributed by atoms with van der Waals surface area (Å²) >= 11 is 2.17. The van der Waals surface area contributed by atoms with Crippen LogP contribution in [-0.2, 0) is 10.0 Å². The van der Waals surface area contributed by atoms with Gasteiger partial charge in [-0.3, -0.25) is 9.89 Å². The van der Waals surface area contributed by atoms with Crippen molar-refractivity contribution in [1.29, 1.82) is 0 Å². The molecule has 0 radical (unpaired) electrons. The van der Waals surface area contributed by atoms with E-state index >= 15 is 0 Å². The van der Waals surface area contributed by atoms with Crippen LogP contribution < -0.4 is 0 Å². The molecule has 0 saturated heterocycles. The zero-order chi connectivity index (χ0) is 18.1. The van der Waals surface area contributed by atoms with Gasteiger partial charge in [-0.2, -0.15) is 17.9 Å². The number of thioether (sulfide) groups is 1. The quantitative estimate of drug-likeness (QED) is 0.719. The van der Waals surface area contributed by atoms with E-state index < -0.39 is 10.0 Å². The normalized spacial score (nSPS) is 15.8. The second-order valence-electron chi connectivity index (χ2n) is 5.16. The standard InChI is InChI=1S/C16H10N4O3S3/c21-15-11-5-2-1-4-10(11)12(8-13(15)25-16-17-9-18-19-16)20-26(22,23)14-6-3-7-24-14/h1-9H,(H,17,18,19)/b20-12-. The molecular formula is C16H10N4O3S3. The fourth-order valence-corrected chi connectivity index (χ4v) is 5.13. The predicted molar refractivity (Wildman–Crippen MR) is 99.1 cm³/mol. The lowest BCUT2D eigenvalue weighted by atomic mass is 9.94. The minimum Gasteiger partial charge on any atom is -0.288 e. The minimum absolute atomic E-state index is 0.150. The van der Waals surface area contributed by atoms with E-state index in [2.05, 4.69) is 19.6 Å². The van der Waals surface area contributed by atoms with Crippen molar-refractivity contribution in [2.24, 2.45) is 4.40 Å². The maximum atomic E-state index is 12.7. The molecule has 3 aromatic rings. The molecular weight excluding hydrogens is 392 g/mol. The van der Waals surface area contributed by atoms with Crippen molar-refractivity contribution >= 4 is 44.6 Å². The first kappa shape index (κ1) is 16.9. The van der Waals surface area contributed by atoms with Crippen LogP contribution in [0.5, 0.6) is 0 Å². The number of nitrogens with zero attached hydrogens (tertiary/aromatic N) is 3. The largest absolute Gasteiger partial charge is 0.292 e. The number of thiophene rings is 1. The number of aromatic nitrogens is 3. The number of sulfonamides is 1. The van der Waals surface area contributed by atoms with Crippen LogP contribution in [0, 0.1) is 0 Å². The van der Waals surface area contributed by atoms with Crippen molar-refractivity contribution in [3.63, 3.8) is 0 Å². The molecule has 7 nitrogen and oxygen atoms in total. The van der Waals surface area contributed by atoms with Gasteiger partial charge >= 0.3 is 0 Å². The van der Waals surface area contributed by atoms with Crippen LogP contribution in [0.15, 0.2) is 72.9 Å². The summed E-state index contributed by atoms with van der Waals surface area (Å²) in [5.74, 6) is -0.213. The third-order valence-corrected chi connectivity index (χ3v) is 7.08. The minimum atomic E-state index is -3.86. The topological polar surface area (TPSA) is 105 Å². The molecule has 0 fully saturated rings. The lowest BCUT2D eigenvalue weighted by molar-refractivity contribution is 0.104. The molecule has 26 heavy (non-hydrogen) atoms. The number of ketones is 1. The first-order chi connectivity index (χ1) is 12.5. The summed E-state index contributed by atoms with van der Waals surface area (Å²) < 4.78 is 29.2. The van der Waals surface area contributed by atoms with Crippen LogP contribution in [0.3, 0.4) is 0 Å². The van der Waals surface area contributed by atoms with Crippen molar-refractivity contribution in [3.05, 3.63) is 70.2 Å². The number of rotatable bonds is 4. The Bertz CT molecular complexity index is 1130. The maximum absolute atomic E-state index is 12.7. The second kappa shape index (κ2) is 6.63. The summed E-state index contributed by atoms with van der Waals surface area (Å²) in [5, 5.41) is 8.52. The summed E-state index contributed by atoms with van der Waals surface area (Å²) in [4.78, 5) is 17.0. The molecule has 0 atom stereocenters. The molecule has 4 rings (SSSR count). The van der Waals surface area contributed by atoms with Crippen LogP contribution in [0.1, 0.15) is 15.9 Å². The van der Waals surface area contributed by atoms with Crippen molar-refractivity contribution in [1.82, 2.24) is 15.2 Å². The molecule has 2 aromatic heterocycles. The number of benzene rings is 1. The van der Waals surface area contributed by atoms with Gasteiger partial charge in [0.1, 0.15) is 10.5 Å². The Morgan fingerprint density at radius 2 is 1.92 bits per heavy atom. The first-order valence-electron chi connectivity index (χ1n) is 7.32. The van der Waals surface area contributed by atoms with Gasteiger partial charge < -0.3 is 0 Å². The summed E-state index contributed by atoms with van der Waals surface area (Å²) in [7, 11) is -3.86. The number of aromatic amines is 1. The van der Waals surface area contributed by atoms with E-state index in [1.807, 2.05) is 0 Å². The highest BCUT2D eigenvalue weighted by Crippen LogP contribution is 2.32. The Morgan fingerprint density at radius 1 is 1.12 bits per heavy atom. The van der Waals surface area contributed by atoms with Gasteiger partial charge in [0.05, 0.1) is 10.6 Å². The molecule has 0 saturated carbocycles. The Kier molecular flexibility index (Phi) is 4.31. The average Bonchev–Trinajstić information content (AvgIpc) is 3.33. The van der Waals surface area contributed by atoms with Crippen LogP contribution in [0.4, 0.5) is 0 Å². The second-order valence-corrected chi connectivity index (χ2v) is 8.97. The maximum Gasteiger partial charge on any atom is 0.292 e. The third kappa shape index (κ3) is 3.14. The molecule has 1 N–H and O–H groups in total. The van der Waals surface area contributed by atoms with Crippen LogP contribution in [-0.4, -0.2) is 35.1 Å². The van der Waals surface area contributed by atoms with Gasteiger partial charge in [0.15, 0.2) is 5.16 Å². The van der Waals surface area contributed by atoms with E-state index in [4.69, 9.17) is 0 Å². The van der Waals surface area contributed by atoms with Gasteiger partial charge in [-0.1, -0.05) is 30.3 Å². The van der Waals surface area contributed by atoms with Crippen LogP contribution in [0.25, 0.3) is 0 Å². The Balaban J connectivity index is 1.84. The van der Waals surface area contributed by atoms with Crippen LogP contribution in [0.2, 0.25) is 0 Å². The van der Waals surface area contributed by atoms with Gasteiger partial charge in [-0.25, -0.2) is 4.98 Å². The van der Waals surface area contributed by atoms with E-state index in [-0.39, 0.29) is 15.7 Å². The van der Waals surface area contributed by atoms with Gasteiger partial charge in [0, 0.05) is 11.1 Å². The summed E-state index contributed by atoms with van der Waals surface area (Å²) in [6.07, 6.45) is 2.81. The number of allylic oxidation sites excluding steroid dienone is 2. The Hall–Kier alpha value is -2.56. The van der Waals surface area contributed by atoms with Crippen LogP contribution >= 0.6 is 23.1 Å². The van der Waals surface area contributed by atoms with Crippen molar-refractivity contribution in [2.75, 3.05) is 0 Å². The number of Topliss-reactive ketones (excluding diaryl/α,β-unsaturated/α-hetero) is 1. The summed E-state index contributed by atoms with van der Waals surface area (Å²) in [5.41, 5.74) is 1.10. The zero-order valence-electron chi connectivity index (χ0n) is 13.0. The Labute approximate surface area is 157 Å². The molecule has 0 aliphatic heterocycles. The molecule has 0 amide bonds. The molecule has 1 aliphatic carbocycles. The number of nitrogens with one attached hydrogen (secondary N) is 1. The molecule has 130 valence electrons. The monoisotopic (exact) mass is 402 g/mol. The van der Waals surface area contributed by atoms with Gasteiger partial charge in [0.2, 0.25) is 5.78 Å². The number of H-pyrrole nitrogens is 1. The van der Waals surface area contributed by atoms with E-state index in [1.54, 1.807) is 35.7 Å². The highest BCUT2D eigenvalue weighted by molar-refractivity contribution is 8.04. The molecule has 0 bridgehead atoms. The number of hydrogen-bond acceptors (Lipinski definition) is 7. The molecule has 10 heteroatoms. The third-order valence-electron chi connectivity index (χ3n) is 3.51. The number of hydrogen-bond donors (Lipinski definition) is 1. The smallest absolute Gasteiger partial charge is 0.288 e. The van der Waals surface area contributed by atoms with Gasteiger partial charge in [0.25, 0.3) is 10.0 Å². The molecule has 2 heterocycles. The van der Waals surface area contributed by atoms with E-state index in [9.17, 15) is 13.2 Å². The first-order valence-corrected chi connectivity index (χ1v) is 10.5. The van der Waals surface area contributed by atoms with Crippen molar-refractivity contribution in [2.45, 2.75) is 9.37 Å². The summed E-state index contributed by atoms with van der Waals surface area (Å²) in [6, 6.07) is 9.95. The highest BCUT2D eigenvalue weighted by Gasteiger charge is 2.27. The summed E-state index contributed by atoms with van der Waals surface area (Å²) in [6.45, 7) is 0. The SMILES string of the molecule is O=C1C(Sc2ncn[nH]2)=C/C(=N/S(=O)(=O)c2cccs2)c2ccccc21. The lowest BCUT2D eigenvalue weighted by Crippen LogP contribution is -2.17.